The third-order valence-electron chi connectivity index (χ3n) is 4.37. The van der Waals surface area contributed by atoms with Gasteiger partial charge in [-0.15, -0.1) is 0 Å². The van der Waals surface area contributed by atoms with Gasteiger partial charge < -0.3 is 14.6 Å². The summed E-state index contributed by atoms with van der Waals surface area (Å²) in [7, 11) is 0. The van der Waals surface area contributed by atoms with Gasteiger partial charge in [0.2, 0.25) is 5.91 Å². The predicted molar refractivity (Wildman–Crippen MR) is 88.0 cm³/mol. The van der Waals surface area contributed by atoms with Gasteiger partial charge >= 0.3 is 0 Å². The van der Waals surface area contributed by atoms with E-state index in [9.17, 15) is 4.79 Å². The van der Waals surface area contributed by atoms with Crippen LogP contribution in [0.1, 0.15) is 49.0 Å². The Labute approximate surface area is 141 Å². The fourth-order valence-electron chi connectivity index (χ4n) is 3.27. The van der Waals surface area contributed by atoms with Crippen LogP contribution in [0, 0.1) is 12.8 Å². The number of hydrogen-bond donors (Lipinski definition) is 1. The highest BCUT2D eigenvalue weighted by atomic mass is 16.5. The first kappa shape index (κ1) is 16.6. The standard InChI is InChI=1S/C18H23N3O3/c1-13-19-17(24-21-13)12-23-11-16(22)20-18(15-9-5-6-10-15)14-7-3-2-4-8-14/h2-4,7-8,15,18H,5-6,9-12H2,1H3,(H,20,22)/t18-/m1/s1. The average molecular weight is 329 g/mol. The molecule has 0 saturated heterocycles. The highest BCUT2D eigenvalue weighted by Crippen LogP contribution is 2.35. The zero-order valence-corrected chi connectivity index (χ0v) is 13.9. The number of hydrogen-bond acceptors (Lipinski definition) is 5. The molecular formula is C18H23N3O3. The molecule has 2 aromatic rings. The predicted octanol–water partition coefficient (Wildman–Crippen LogP) is 2.94. The average Bonchev–Trinajstić information content (AvgIpc) is 3.25. The van der Waals surface area contributed by atoms with Crippen LogP contribution in [0.4, 0.5) is 0 Å². The molecule has 1 aromatic carbocycles. The molecule has 128 valence electrons. The Morgan fingerprint density at radius 1 is 1.33 bits per heavy atom. The van der Waals surface area contributed by atoms with Crippen LogP contribution >= 0.6 is 0 Å². The molecule has 6 nitrogen and oxygen atoms in total. The van der Waals surface area contributed by atoms with E-state index >= 15 is 0 Å². The van der Waals surface area contributed by atoms with Crippen LogP contribution in [0.25, 0.3) is 0 Å². The van der Waals surface area contributed by atoms with Crippen LogP contribution in [-0.4, -0.2) is 22.7 Å². The second-order valence-corrected chi connectivity index (χ2v) is 6.23. The zero-order chi connectivity index (χ0) is 16.8. The number of amides is 1. The van der Waals surface area contributed by atoms with Gasteiger partial charge in [-0.3, -0.25) is 4.79 Å². The van der Waals surface area contributed by atoms with Gasteiger partial charge in [-0.25, -0.2) is 0 Å². The zero-order valence-electron chi connectivity index (χ0n) is 13.9. The number of benzene rings is 1. The third-order valence-corrected chi connectivity index (χ3v) is 4.37. The van der Waals surface area contributed by atoms with E-state index in [0.717, 1.165) is 18.4 Å². The van der Waals surface area contributed by atoms with Crippen molar-refractivity contribution in [3.8, 4) is 0 Å². The van der Waals surface area contributed by atoms with E-state index in [1.165, 1.54) is 12.8 Å². The Morgan fingerprint density at radius 3 is 2.75 bits per heavy atom. The van der Waals surface area contributed by atoms with Crippen molar-refractivity contribution >= 4 is 5.91 Å². The smallest absolute Gasteiger partial charge is 0.252 e. The van der Waals surface area contributed by atoms with Crippen molar-refractivity contribution < 1.29 is 14.1 Å². The maximum atomic E-state index is 12.3. The molecule has 3 rings (SSSR count). The number of carbonyl (C=O) groups is 1. The van der Waals surface area contributed by atoms with E-state index in [4.69, 9.17) is 9.26 Å². The van der Waals surface area contributed by atoms with Crippen molar-refractivity contribution in [2.45, 2.75) is 45.3 Å². The lowest BCUT2D eigenvalue weighted by Crippen LogP contribution is -2.35. The maximum absolute atomic E-state index is 12.3. The minimum Gasteiger partial charge on any atom is -0.362 e. The Bertz CT molecular complexity index is 651. The molecule has 1 amide bonds. The Balaban J connectivity index is 1.54. The van der Waals surface area contributed by atoms with E-state index in [2.05, 4.69) is 27.6 Å². The SMILES string of the molecule is Cc1noc(COCC(=O)N[C@H](c2ccccc2)C2CCCC2)n1. The summed E-state index contributed by atoms with van der Waals surface area (Å²) in [5.41, 5.74) is 1.16. The number of rotatable bonds is 7. The Hall–Kier alpha value is -2.21. The molecule has 0 bridgehead atoms. The van der Waals surface area contributed by atoms with E-state index in [1.54, 1.807) is 6.92 Å². The molecule has 0 aliphatic heterocycles. The molecule has 1 aromatic heterocycles. The van der Waals surface area contributed by atoms with Crippen molar-refractivity contribution in [1.29, 1.82) is 0 Å². The fourth-order valence-corrected chi connectivity index (χ4v) is 3.27. The number of carbonyl (C=O) groups excluding carboxylic acids is 1. The molecule has 24 heavy (non-hydrogen) atoms. The molecule has 1 saturated carbocycles. The molecule has 6 heteroatoms. The lowest BCUT2D eigenvalue weighted by Gasteiger charge is -2.25. The second-order valence-electron chi connectivity index (χ2n) is 6.23. The van der Waals surface area contributed by atoms with E-state index in [0.29, 0.717) is 17.6 Å². The summed E-state index contributed by atoms with van der Waals surface area (Å²) in [6, 6.07) is 10.2. The molecule has 0 spiro atoms. The molecule has 0 unspecified atom stereocenters. The highest BCUT2D eigenvalue weighted by molar-refractivity contribution is 5.77. The highest BCUT2D eigenvalue weighted by Gasteiger charge is 2.27. The Morgan fingerprint density at radius 2 is 2.08 bits per heavy atom. The molecule has 1 fully saturated rings. The summed E-state index contributed by atoms with van der Waals surface area (Å²) >= 11 is 0. The molecule has 1 aliphatic carbocycles. The van der Waals surface area contributed by atoms with Crippen LogP contribution in [0.3, 0.4) is 0 Å². The molecule has 1 N–H and O–H groups in total. The minimum absolute atomic E-state index is 0.0164. The maximum Gasteiger partial charge on any atom is 0.252 e. The first-order valence-corrected chi connectivity index (χ1v) is 8.43. The van der Waals surface area contributed by atoms with Crippen LogP contribution in [-0.2, 0) is 16.1 Å². The minimum atomic E-state index is -0.119. The van der Waals surface area contributed by atoms with Gasteiger partial charge in [-0.05, 0) is 31.2 Å². The topological polar surface area (TPSA) is 77.2 Å². The van der Waals surface area contributed by atoms with Gasteiger partial charge in [0.15, 0.2) is 5.82 Å². The van der Waals surface area contributed by atoms with Gasteiger partial charge in [0.1, 0.15) is 13.2 Å². The van der Waals surface area contributed by atoms with Crippen molar-refractivity contribution in [2.75, 3.05) is 6.61 Å². The molecule has 1 aliphatic rings. The normalized spacial score (nSPS) is 16.2. The second kappa shape index (κ2) is 8.06. The monoisotopic (exact) mass is 329 g/mol. The molecule has 1 atom stereocenters. The fraction of sp³-hybridized carbons (Fsp3) is 0.500. The van der Waals surface area contributed by atoms with Crippen molar-refractivity contribution in [2.24, 2.45) is 5.92 Å². The van der Waals surface area contributed by atoms with Gasteiger partial charge in [0.05, 0.1) is 6.04 Å². The summed E-state index contributed by atoms with van der Waals surface area (Å²) in [6.07, 6.45) is 4.78. The summed E-state index contributed by atoms with van der Waals surface area (Å²) in [6.45, 7) is 1.87. The number of ether oxygens (including phenoxy) is 1. The molecular weight excluding hydrogens is 306 g/mol. The van der Waals surface area contributed by atoms with Gasteiger partial charge in [0, 0.05) is 0 Å². The molecule has 1 heterocycles. The summed E-state index contributed by atoms with van der Waals surface area (Å²) < 4.78 is 10.3. The lowest BCUT2D eigenvalue weighted by atomic mass is 9.91. The van der Waals surface area contributed by atoms with Crippen molar-refractivity contribution in [3.63, 3.8) is 0 Å². The number of nitrogens with one attached hydrogen (secondary N) is 1. The largest absolute Gasteiger partial charge is 0.362 e. The van der Waals surface area contributed by atoms with E-state index < -0.39 is 0 Å². The van der Waals surface area contributed by atoms with Gasteiger partial charge in [-0.1, -0.05) is 48.3 Å². The summed E-state index contributed by atoms with van der Waals surface area (Å²) in [4.78, 5) is 16.3. The summed E-state index contributed by atoms with van der Waals surface area (Å²) in [5, 5.41) is 6.82. The van der Waals surface area contributed by atoms with Gasteiger partial charge in [0.25, 0.3) is 5.89 Å². The third kappa shape index (κ3) is 4.41. The number of aromatic nitrogens is 2. The van der Waals surface area contributed by atoms with Gasteiger partial charge in [-0.2, -0.15) is 4.98 Å². The Kier molecular flexibility index (Phi) is 5.59. The summed E-state index contributed by atoms with van der Waals surface area (Å²) in [5.74, 6) is 1.32. The first-order valence-electron chi connectivity index (χ1n) is 8.43. The van der Waals surface area contributed by atoms with Crippen LogP contribution in [0.2, 0.25) is 0 Å². The molecule has 0 radical (unpaired) electrons. The van der Waals surface area contributed by atoms with Crippen LogP contribution < -0.4 is 5.32 Å². The number of aryl methyl sites for hydroxylation is 1. The first-order chi connectivity index (χ1) is 11.7. The van der Waals surface area contributed by atoms with Crippen molar-refractivity contribution in [1.82, 2.24) is 15.5 Å². The van der Waals surface area contributed by atoms with Crippen molar-refractivity contribution in [3.05, 3.63) is 47.6 Å². The number of nitrogens with zero attached hydrogens (tertiary/aromatic N) is 2. The van der Waals surface area contributed by atoms with Crippen LogP contribution in [0.15, 0.2) is 34.9 Å². The van der Waals surface area contributed by atoms with E-state index in [-0.39, 0.29) is 25.2 Å². The quantitative estimate of drug-likeness (QED) is 0.845. The van der Waals surface area contributed by atoms with E-state index in [1.807, 2.05) is 18.2 Å². The lowest BCUT2D eigenvalue weighted by molar-refractivity contribution is -0.127. The van der Waals surface area contributed by atoms with Crippen LogP contribution in [0.5, 0.6) is 0 Å².